The van der Waals surface area contributed by atoms with Crippen LogP contribution in [0.15, 0.2) is 63.7 Å². The van der Waals surface area contributed by atoms with Gasteiger partial charge in [-0.3, -0.25) is 0 Å². The lowest BCUT2D eigenvalue weighted by molar-refractivity contribution is -0.129. The molecule has 22 heavy (non-hydrogen) atoms. The van der Waals surface area contributed by atoms with Crippen LogP contribution in [0.25, 0.3) is 6.08 Å². The van der Waals surface area contributed by atoms with Gasteiger partial charge < -0.3 is 9.47 Å². The molecule has 3 rings (SSSR count). The highest BCUT2D eigenvalue weighted by molar-refractivity contribution is 9.10. The van der Waals surface area contributed by atoms with Gasteiger partial charge in [-0.25, -0.2) is 9.79 Å². The Hall–Kier alpha value is -2.40. The van der Waals surface area contributed by atoms with Crippen LogP contribution in [-0.4, -0.2) is 19.0 Å². The summed E-state index contributed by atoms with van der Waals surface area (Å²) in [5.74, 6) is 0.597. The third kappa shape index (κ3) is 2.94. The third-order valence-corrected chi connectivity index (χ3v) is 3.74. The molecule has 0 aromatic heterocycles. The minimum absolute atomic E-state index is 0.274. The van der Waals surface area contributed by atoms with E-state index in [1.807, 2.05) is 48.5 Å². The molecular formula is C17H12BrNO3. The molecule has 0 N–H and O–H groups in total. The van der Waals surface area contributed by atoms with Crippen LogP contribution < -0.4 is 4.74 Å². The lowest BCUT2D eigenvalue weighted by Gasteiger charge is -2.03. The first-order chi connectivity index (χ1) is 10.7. The Morgan fingerprint density at radius 3 is 2.64 bits per heavy atom. The summed E-state index contributed by atoms with van der Waals surface area (Å²) in [6, 6.07) is 14.8. The highest BCUT2D eigenvalue weighted by Gasteiger charge is 2.23. The average molecular weight is 358 g/mol. The quantitative estimate of drug-likeness (QED) is 0.619. The van der Waals surface area contributed by atoms with Crippen molar-refractivity contribution in [1.82, 2.24) is 0 Å². The standard InChI is InChI=1S/C17H12BrNO3/c1-21-15-8-7-11(9-13(15)18)10-14-17(20)22-16(19-14)12-5-3-2-4-6-12/h2-10H,1H3/b14-10+. The number of hydrogen-bond donors (Lipinski definition) is 0. The molecule has 0 spiro atoms. The zero-order chi connectivity index (χ0) is 15.5. The first-order valence-electron chi connectivity index (χ1n) is 6.59. The molecule has 1 aliphatic heterocycles. The number of benzene rings is 2. The summed E-state index contributed by atoms with van der Waals surface area (Å²) in [4.78, 5) is 16.2. The molecule has 2 aromatic carbocycles. The molecular weight excluding hydrogens is 346 g/mol. The zero-order valence-electron chi connectivity index (χ0n) is 11.7. The molecule has 0 radical (unpaired) electrons. The van der Waals surface area contributed by atoms with E-state index in [2.05, 4.69) is 20.9 Å². The lowest BCUT2D eigenvalue weighted by atomic mass is 10.2. The van der Waals surface area contributed by atoms with E-state index in [1.165, 1.54) is 0 Å². The van der Waals surface area contributed by atoms with Crippen LogP contribution in [0.2, 0.25) is 0 Å². The van der Waals surface area contributed by atoms with E-state index in [0.29, 0.717) is 5.90 Å². The van der Waals surface area contributed by atoms with E-state index in [4.69, 9.17) is 9.47 Å². The summed E-state index contributed by atoms with van der Waals surface area (Å²) in [7, 11) is 1.60. The van der Waals surface area contributed by atoms with Crippen LogP contribution in [-0.2, 0) is 9.53 Å². The minimum atomic E-state index is -0.453. The molecule has 0 saturated heterocycles. The largest absolute Gasteiger partial charge is 0.496 e. The predicted octanol–water partition coefficient (Wildman–Crippen LogP) is 3.80. The molecule has 1 aliphatic rings. The van der Waals surface area contributed by atoms with Gasteiger partial charge in [-0.15, -0.1) is 0 Å². The van der Waals surface area contributed by atoms with Crippen molar-refractivity contribution in [2.45, 2.75) is 0 Å². The van der Waals surface area contributed by atoms with Gasteiger partial charge >= 0.3 is 5.97 Å². The Morgan fingerprint density at radius 2 is 1.95 bits per heavy atom. The number of rotatable bonds is 3. The van der Waals surface area contributed by atoms with Crippen LogP contribution in [0.3, 0.4) is 0 Å². The molecule has 0 atom stereocenters. The van der Waals surface area contributed by atoms with Gasteiger partial charge in [0.2, 0.25) is 5.90 Å². The summed E-state index contributed by atoms with van der Waals surface area (Å²) < 4.78 is 11.2. The van der Waals surface area contributed by atoms with Crippen LogP contribution in [0.5, 0.6) is 5.75 Å². The highest BCUT2D eigenvalue weighted by atomic mass is 79.9. The number of carbonyl (C=O) groups is 1. The van der Waals surface area contributed by atoms with E-state index in [0.717, 1.165) is 21.3 Å². The zero-order valence-corrected chi connectivity index (χ0v) is 13.3. The second kappa shape index (κ2) is 6.15. The van der Waals surface area contributed by atoms with Gasteiger partial charge in [0.25, 0.3) is 0 Å². The molecule has 0 unspecified atom stereocenters. The Labute approximate surface area is 136 Å². The number of hydrogen-bond acceptors (Lipinski definition) is 4. The Balaban J connectivity index is 1.92. The molecule has 0 saturated carbocycles. The molecule has 0 amide bonds. The van der Waals surface area contributed by atoms with Crippen LogP contribution in [0, 0.1) is 0 Å². The maximum atomic E-state index is 11.9. The number of methoxy groups -OCH3 is 1. The van der Waals surface area contributed by atoms with E-state index in [1.54, 1.807) is 13.2 Å². The topological polar surface area (TPSA) is 47.9 Å². The average Bonchev–Trinajstić information content (AvgIpc) is 2.89. The smallest absolute Gasteiger partial charge is 0.363 e. The lowest BCUT2D eigenvalue weighted by Crippen LogP contribution is -2.04. The van der Waals surface area contributed by atoms with Gasteiger partial charge in [0, 0.05) is 5.56 Å². The number of halogens is 1. The molecule has 0 bridgehead atoms. The summed E-state index contributed by atoms with van der Waals surface area (Å²) in [5, 5.41) is 0. The maximum absolute atomic E-state index is 11.9. The van der Waals surface area contributed by atoms with Crippen LogP contribution >= 0.6 is 15.9 Å². The van der Waals surface area contributed by atoms with Crippen molar-refractivity contribution in [3.8, 4) is 5.75 Å². The Morgan fingerprint density at radius 1 is 1.18 bits per heavy atom. The first-order valence-corrected chi connectivity index (χ1v) is 7.38. The van der Waals surface area contributed by atoms with E-state index < -0.39 is 5.97 Å². The minimum Gasteiger partial charge on any atom is -0.496 e. The number of ether oxygens (including phenoxy) is 2. The molecule has 0 fully saturated rings. The molecule has 2 aromatic rings. The number of nitrogens with zero attached hydrogens (tertiary/aromatic N) is 1. The number of aliphatic imine (C=N–C) groups is 1. The monoisotopic (exact) mass is 357 g/mol. The van der Waals surface area contributed by atoms with Gasteiger partial charge in [-0.05, 0) is 51.8 Å². The summed E-state index contributed by atoms with van der Waals surface area (Å²) in [6.45, 7) is 0. The van der Waals surface area contributed by atoms with Crippen LogP contribution in [0.4, 0.5) is 0 Å². The second-order valence-electron chi connectivity index (χ2n) is 4.60. The SMILES string of the molecule is COc1ccc(/C=C2/N=C(c3ccccc3)OC2=O)cc1Br. The van der Waals surface area contributed by atoms with Gasteiger partial charge in [0.1, 0.15) is 5.75 Å². The van der Waals surface area contributed by atoms with E-state index in [-0.39, 0.29) is 5.70 Å². The summed E-state index contributed by atoms with van der Waals surface area (Å²) >= 11 is 3.41. The van der Waals surface area contributed by atoms with Crippen molar-refractivity contribution in [2.75, 3.05) is 7.11 Å². The van der Waals surface area contributed by atoms with Crippen molar-refractivity contribution < 1.29 is 14.3 Å². The van der Waals surface area contributed by atoms with Crippen LogP contribution in [0.1, 0.15) is 11.1 Å². The Bertz CT molecular complexity index is 782. The number of esters is 1. The normalized spacial score (nSPS) is 15.6. The molecule has 1 heterocycles. The fourth-order valence-electron chi connectivity index (χ4n) is 2.04. The van der Waals surface area contributed by atoms with Crippen molar-refractivity contribution in [3.63, 3.8) is 0 Å². The molecule has 0 aliphatic carbocycles. The molecule has 110 valence electrons. The molecule has 4 nitrogen and oxygen atoms in total. The van der Waals surface area contributed by atoms with Crippen molar-refractivity contribution >= 4 is 33.9 Å². The van der Waals surface area contributed by atoms with E-state index >= 15 is 0 Å². The second-order valence-corrected chi connectivity index (χ2v) is 5.45. The van der Waals surface area contributed by atoms with Gasteiger partial charge in [-0.2, -0.15) is 0 Å². The number of cyclic esters (lactones) is 1. The third-order valence-electron chi connectivity index (χ3n) is 3.12. The maximum Gasteiger partial charge on any atom is 0.363 e. The summed E-state index contributed by atoms with van der Waals surface area (Å²) in [5.41, 5.74) is 1.88. The van der Waals surface area contributed by atoms with Gasteiger partial charge in [-0.1, -0.05) is 24.3 Å². The number of carbonyl (C=O) groups excluding carboxylic acids is 1. The fraction of sp³-hybridized carbons (Fsp3) is 0.0588. The first kappa shape index (κ1) is 14.5. The van der Waals surface area contributed by atoms with E-state index in [9.17, 15) is 4.79 Å². The molecule has 5 heteroatoms. The van der Waals surface area contributed by atoms with Crippen molar-refractivity contribution in [1.29, 1.82) is 0 Å². The summed E-state index contributed by atoms with van der Waals surface area (Å²) in [6.07, 6.45) is 1.68. The van der Waals surface area contributed by atoms with Crippen molar-refractivity contribution in [3.05, 3.63) is 69.8 Å². The fourth-order valence-corrected chi connectivity index (χ4v) is 2.60. The van der Waals surface area contributed by atoms with Crippen molar-refractivity contribution in [2.24, 2.45) is 4.99 Å². The van der Waals surface area contributed by atoms with Gasteiger partial charge in [0.15, 0.2) is 5.70 Å². The Kier molecular flexibility index (Phi) is 4.06. The highest BCUT2D eigenvalue weighted by Crippen LogP contribution is 2.27. The predicted molar refractivity (Wildman–Crippen MR) is 87.7 cm³/mol. The van der Waals surface area contributed by atoms with Gasteiger partial charge in [0.05, 0.1) is 11.6 Å².